The van der Waals surface area contributed by atoms with Crippen LogP contribution in [0.1, 0.15) is 5.56 Å². The van der Waals surface area contributed by atoms with Crippen LogP contribution in [-0.4, -0.2) is 8.42 Å². The molecular weight excluding hydrogens is 479 g/mol. The second kappa shape index (κ2) is 6.94. The molecule has 3 N–H and O–H groups in total. The van der Waals surface area contributed by atoms with Crippen LogP contribution in [0.25, 0.3) is 11.0 Å². The monoisotopic (exact) mass is 490 g/mol. The van der Waals surface area contributed by atoms with Crippen molar-refractivity contribution in [2.45, 2.75) is 11.4 Å². The van der Waals surface area contributed by atoms with Crippen molar-refractivity contribution in [3.63, 3.8) is 0 Å². The molecule has 1 heterocycles. The minimum absolute atomic E-state index is 0.0443. The van der Waals surface area contributed by atoms with Crippen LogP contribution in [0.2, 0.25) is 5.02 Å². The van der Waals surface area contributed by atoms with Crippen molar-refractivity contribution >= 4 is 60.9 Å². The summed E-state index contributed by atoms with van der Waals surface area (Å²) in [4.78, 5) is 11.8. The van der Waals surface area contributed by atoms with Crippen LogP contribution in [0.15, 0.2) is 56.6 Å². The highest BCUT2D eigenvalue weighted by Crippen LogP contribution is 2.25. The number of hydrogen-bond donors (Lipinski definition) is 2. The summed E-state index contributed by atoms with van der Waals surface area (Å²) in [7, 11) is -3.75. The van der Waals surface area contributed by atoms with E-state index in [0.717, 1.165) is 16.6 Å². The molecule has 3 rings (SSSR count). The van der Waals surface area contributed by atoms with Crippen LogP contribution in [0.5, 0.6) is 0 Å². The van der Waals surface area contributed by atoms with Gasteiger partial charge in [-0.2, -0.15) is 0 Å². The number of nitrogens with one attached hydrogen (secondary N) is 1. The van der Waals surface area contributed by atoms with Gasteiger partial charge in [0.1, 0.15) is 5.58 Å². The van der Waals surface area contributed by atoms with Gasteiger partial charge in [0, 0.05) is 38.3 Å². The van der Waals surface area contributed by atoms with E-state index >= 15 is 0 Å². The molecule has 0 aliphatic rings. The van der Waals surface area contributed by atoms with Crippen molar-refractivity contribution in [3.05, 3.63) is 67.0 Å². The molecule has 0 fully saturated rings. The lowest BCUT2D eigenvalue weighted by molar-refractivity contribution is 0.559. The average Bonchev–Trinajstić information content (AvgIpc) is 2.51. The van der Waals surface area contributed by atoms with Crippen LogP contribution in [-0.2, 0) is 16.6 Å². The number of benzene rings is 2. The third-order valence-corrected chi connectivity index (χ3v) is 5.57. The third-order valence-electron chi connectivity index (χ3n) is 3.53. The van der Waals surface area contributed by atoms with E-state index in [1.807, 2.05) is 22.6 Å². The SMILES string of the molecule is NS(=O)(=O)c1ccc(NCc2cc(=O)oc3cc(Cl)ccc23)c(I)c1. The zero-order valence-corrected chi connectivity index (χ0v) is 16.4. The van der Waals surface area contributed by atoms with Gasteiger partial charge < -0.3 is 9.73 Å². The largest absolute Gasteiger partial charge is 0.423 e. The molecule has 0 radical (unpaired) electrons. The first kappa shape index (κ1) is 18.2. The minimum atomic E-state index is -3.75. The van der Waals surface area contributed by atoms with E-state index in [9.17, 15) is 13.2 Å². The Bertz CT molecular complexity index is 1130. The Morgan fingerprint density at radius 1 is 1.16 bits per heavy atom. The van der Waals surface area contributed by atoms with Gasteiger partial charge in [0.15, 0.2) is 0 Å². The summed E-state index contributed by atoms with van der Waals surface area (Å²) < 4.78 is 28.6. The molecule has 0 bridgehead atoms. The minimum Gasteiger partial charge on any atom is -0.423 e. The summed E-state index contributed by atoms with van der Waals surface area (Å²) >= 11 is 7.95. The molecule has 0 spiro atoms. The average molecular weight is 491 g/mol. The van der Waals surface area contributed by atoms with Crippen LogP contribution in [0.4, 0.5) is 5.69 Å². The number of anilines is 1. The molecule has 9 heteroatoms. The highest BCUT2D eigenvalue weighted by atomic mass is 127. The quantitative estimate of drug-likeness (QED) is 0.431. The Balaban J connectivity index is 1.92. The van der Waals surface area contributed by atoms with Crippen molar-refractivity contribution in [2.24, 2.45) is 5.14 Å². The van der Waals surface area contributed by atoms with Gasteiger partial charge in [-0.25, -0.2) is 18.4 Å². The van der Waals surface area contributed by atoms with E-state index in [-0.39, 0.29) is 4.90 Å². The fourth-order valence-electron chi connectivity index (χ4n) is 2.36. The van der Waals surface area contributed by atoms with Gasteiger partial charge in [-0.3, -0.25) is 0 Å². The summed E-state index contributed by atoms with van der Waals surface area (Å²) in [5.41, 5.74) is 1.42. The summed E-state index contributed by atoms with van der Waals surface area (Å²) in [6.07, 6.45) is 0. The molecule has 130 valence electrons. The Kier molecular flexibility index (Phi) is 5.05. The van der Waals surface area contributed by atoms with E-state index in [2.05, 4.69) is 5.32 Å². The first-order valence-corrected chi connectivity index (χ1v) is 10.0. The molecule has 25 heavy (non-hydrogen) atoms. The van der Waals surface area contributed by atoms with Gasteiger partial charge in [-0.15, -0.1) is 0 Å². The molecular formula is C16H12ClIN2O4S. The Morgan fingerprint density at radius 2 is 1.92 bits per heavy atom. The van der Waals surface area contributed by atoms with Gasteiger partial charge in [-0.05, 0) is 58.5 Å². The normalized spacial score (nSPS) is 11.6. The van der Waals surface area contributed by atoms with E-state index < -0.39 is 15.6 Å². The third kappa shape index (κ3) is 4.14. The number of nitrogens with two attached hydrogens (primary N) is 1. The number of hydrogen-bond acceptors (Lipinski definition) is 5. The summed E-state index contributed by atoms with van der Waals surface area (Å²) in [6, 6.07) is 11.0. The number of fused-ring (bicyclic) bond motifs is 1. The lowest BCUT2D eigenvalue weighted by Gasteiger charge is -2.11. The molecule has 0 saturated carbocycles. The maximum absolute atomic E-state index is 11.7. The highest BCUT2D eigenvalue weighted by Gasteiger charge is 2.11. The molecule has 0 aliphatic carbocycles. The maximum Gasteiger partial charge on any atom is 0.336 e. The van der Waals surface area contributed by atoms with E-state index in [4.69, 9.17) is 21.2 Å². The van der Waals surface area contributed by atoms with Gasteiger partial charge in [0.05, 0.1) is 4.90 Å². The zero-order chi connectivity index (χ0) is 18.2. The fraction of sp³-hybridized carbons (Fsp3) is 0.0625. The van der Waals surface area contributed by atoms with Gasteiger partial charge in [0.25, 0.3) is 0 Å². The van der Waals surface area contributed by atoms with E-state index in [0.29, 0.717) is 20.7 Å². The Morgan fingerprint density at radius 3 is 2.60 bits per heavy atom. The summed E-state index contributed by atoms with van der Waals surface area (Å²) in [5, 5.41) is 9.56. The lowest BCUT2D eigenvalue weighted by Crippen LogP contribution is -2.13. The predicted octanol–water partition coefficient (Wildman–Crippen LogP) is 3.31. The predicted molar refractivity (Wildman–Crippen MR) is 105 cm³/mol. The Hall–Kier alpha value is -1.62. The number of primary sulfonamides is 1. The standard InChI is InChI=1S/C16H12ClIN2O4S/c17-10-1-3-12-9(5-16(21)24-15(12)6-10)8-20-14-4-2-11(7-13(14)18)25(19,22)23/h1-7,20H,8H2,(H2,19,22,23). The second-order valence-corrected chi connectivity index (χ2v) is 8.43. The van der Waals surface area contributed by atoms with Crippen LogP contribution in [0, 0.1) is 3.57 Å². The van der Waals surface area contributed by atoms with Gasteiger partial charge in [0.2, 0.25) is 10.0 Å². The molecule has 3 aromatic rings. The van der Waals surface area contributed by atoms with Crippen molar-refractivity contribution in [2.75, 3.05) is 5.32 Å². The van der Waals surface area contributed by atoms with Crippen LogP contribution in [0.3, 0.4) is 0 Å². The van der Waals surface area contributed by atoms with E-state index in [1.165, 1.54) is 18.2 Å². The van der Waals surface area contributed by atoms with Crippen molar-refractivity contribution in [1.29, 1.82) is 0 Å². The molecule has 0 unspecified atom stereocenters. The second-order valence-electron chi connectivity index (χ2n) is 5.27. The molecule has 0 atom stereocenters. The van der Waals surface area contributed by atoms with Crippen LogP contribution < -0.4 is 16.1 Å². The highest BCUT2D eigenvalue weighted by molar-refractivity contribution is 14.1. The van der Waals surface area contributed by atoms with Crippen molar-refractivity contribution < 1.29 is 12.8 Å². The molecule has 1 aromatic heterocycles. The van der Waals surface area contributed by atoms with E-state index in [1.54, 1.807) is 24.3 Å². The molecule has 0 amide bonds. The smallest absolute Gasteiger partial charge is 0.336 e. The van der Waals surface area contributed by atoms with Gasteiger partial charge >= 0.3 is 5.63 Å². The first-order chi connectivity index (χ1) is 11.7. The Labute approximate surface area is 162 Å². The number of sulfonamides is 1. The molecule has 0 saturated heterocycles. The van der Waals surface area contributed by atoms with Gasteiger partial charge in [-0.1, -0.05) is 11.6 Å². The zero-order valence-electron chi connectivity index (χ0n) is 12.6. The van der Waals surface area contributed by atoms with Crippen molar-refractivity contribution in [3.8, 4) is 0 Å². The summed E-state index contributed by atoms with van der Waals surface area (Å²) in [5.74, 6) is 0. The first-order valence-electron chi connectivity index (χ1n) is 7.02. The molecule has 0 aliphatic heterocycles. The number of rotatable bonds is 4. The molecule has 2 aromatic carbocycles. The van der Waals surface area contributed by atoms with Crippen molar-refractivity contribution in [1.82, 2.24) is 0 Å². The number of halogens is 2. The van der Waals surface area contributed by atoms with Crippen LogP contribution >= 0.6 is 34.2 Å². The lowest BCUT2D eigenvalue weighted by atomic mass is 10.1. The maximum atomic E-state index is 11.7. The molecule has 6 nitrogen and oxygen atoms in total. The fourth-order valence-corrected chi connectivity index (χ4v) is 3.98. The topological polar surface area (TPSA) is 102 Å². The summed E-state index contributed by atoms with van der Waals surface area (Å²) in [6.45, 7) is 0.356.